The van der Waals surface area contributed by atoms with Crippen molar-refractivity contribution in [1.29, 1.82) is 0 Å². The van der Waals surface area contributed by atoms with Gasteiger partial charge in [0.25, 0.3) is 5.91 Å². The summed E-state index contributed by atoms with van der Waals surface area (Å²) in [5.41, 5.74) is 1.71. The molecule has 0 radical (unpaired) electrons. The van der Waals surface area contributed by atoms with Gasteiger partial charge in [-0.25, -0.2) is 0 Å². The highest BCUT2D eigenvalue weighted by molar-refractivity contribution is 5.92. The summed E-state index contributed by atoms with van der Waals surface area (Å²) in [5.74, 6) is -0.0223. The van der Waals surface area contributed by atoms with E-state index in [1.165, 1.54) is 13.4 Å². The predicted octanol–water partition coefficient (Wildman–Crippen LogP) is 2.51. The number of furan rings is 1. The Hall–Kier alpha value is -2.96. The van der Waals surface area contributed by atoms with Crippen LogP contribution in [0.15, 0.2) is 34.9 Å². The molecule has 0 saturated heterocycles. The first-order valence-electron chi connectivity index (χ1n) is 7.86. The van der Waals surface area contributed by atoms with E-state index in [9.17, 15) is 14.7 Å². The summed E-state index contributed by atoms with van der Waals surface area (Å²) < 4.78 is 15.8. The SMILES string of the molecule is COc1cc2c(cc1OC)[C@H](CC(=O)O)N(C(=O)c1ccco1)CC2. The molecule has 1 aromatic carbocycles. The Morgan fingerprint density at radius 3 is 2.60 bits per heavy atom. The highest BCUT2D eigenvalue weighted by Crippen LogP contribution is 2.40. The molecule has 1 amide bonds. The van der Waals surface area contributed by atoms with E-state index in [0.717, 1.165) is 11.1 Å². The van der Waals surface area contributed by atoms with Gasteiger partial charge in [-0.15, -0.1) is 0 Å². The Morgan fingerprint density at radius 2 is 2.00 bits per heavy atom. The average Bonchev–Trinajstić information content (AvgIpc) is 3.14. The van der Waals surface area contributed by atoms with Crippen LogP contribution < -0.4 is 9.47 Å². The van der Waals surface area contributed by atoms with E-state index in [0.29, 0.717) is 24.5 Å². The minimum absolute atomic E-state index is 0.194. The lowest BCUT2D eigenvalue weighted by molar-refractivity contribution is -0.138. The van der Waals surface area contributed by atoms with Crippen LogP contribution >= 0.6 is 0 Å². The lowest BCUT2D eigenvalue weighted by atomic mass is 9.89. The molecule has 1 aliphatic heterocycles. The summed E-state index contributed by atoms with van der Waals surface area (Å²) in [6.45, 7) is 0.403. The number of hydrogen-bond acceptors (Lipinski definition) is 5. The Morgan fingerprint density at radius 1 is 1.28 bits per heavy atom. The second-order valence-electron chi connectivity index (χ2n) is 5.75. The third-order valence-electron chi connectivity index (χ3n) is 4.36. The van der Waals surface area contributed by atoms with E-state index in [2.05, 4.69) is 0 Å². The van der Waals surface area contributed by atoms with Gasteiger partial charge in [-0.3, -0.25) is 9.59 Å². The Labute approximate surface area is 144 Å². The van der Waals surface area contributed by atoms with Crippen molar-refractivity contribution >= 4 is 11.9 Å². The number of nitrogens with zero attached hydrogens (tertiary/aromatic N) is 1. The molecule has 0 spiro atoms. The molecule has 1 aliphatic rings. The number of carbonyl (C=O) groups excluding carboxylic acids is 1. The number of methoxy groups -OCH3 is 2. The molecule has 132 valence electrons. The maximum atomic E-state index is 12.7. The Bertz CT molecular complexity index is 783. The van der Waals surface area contributed by atoms with Crippen LogP contribution in [-0.2, 0) is 11.2 Å². The number of hydrogen-bond donors (Lipinski definition) is 1. The molecule has 1 aromatic heterocycles. The minimum atomic E-state index is -0.982. The van der Waals surface area contributed by atoms with Crippen LogP contribution in [0.3, 0.4) is 0 Å². The summed E-state index contributed by atoms with van der Waals surface area (Å²) in [4.78, 5) is 25.7. The molecule has 1 atom stereocenters. The van der Waals surface area contributed by atoms with Gasteiger partial charge in [-0.05, 0) is 41.8 Å². The Balaban J connectivity index is 2.04. The van der Waals surface area contributed by atoms with Crippen molar-refractivity contribution in [2.45, 2.75) is 18.9 Å². The highest BCUT2D eigenvalue weighted by atomic mass is 16.5. The summed E-state index contributed by atoms with van der Waals surface area (Å²) >= 11 is 0. The standard InChI is InChI=1S/C18H19NO6/c1-23-15-8-11-5-6-19(18(22)14-4-3-7-25-14)13(10-17(20)21)12(11)9-16(15)24-2/h3-4,7-9,13H,5-6,10H2,1-2H3,(H,20,21)/t13-/m0/s1. The first-order chi connectivity index (χ1) is 12.0. The quantitative estimate of drug-likeness (QED) is 0.896. The monoisotopic (exact) mass is 345 g/mol. The summed E-state index contributed by atoms with van der Waals surface area (Å²) in [6.07, 6.45) is 1.82. The fourth-order valence-corrected chi connectivity index (χ4v) is 3.20. The topological polar surface area (TPSA) is 89.2 Å². The van der Waals surface area contributed by atoms with Crippen LogP contribution in [0.4, 0.5) is 0 Å². The van der Waals surface area contributed by atoms with Crippen molar-refractivity contribution in [2.24, 2.45) is 0 Å². The van der Waals surface area contributed by atoms with Gasteiger partial charge in [-0.2, -0.15) is 0 Å². The zero-order chi connectivity index (χ0) is 18.0. The van der Waals surface area contributed by atoms with E-state index >= 15 is 0 Å². The fraction of sp³-hybridized carbons (Fsp3) is 0.333. The van der Waals surface area contributed by atoms with Crippen molar-refractivity contribution in [3.8, 4) is 11.5 Å². The van der Waals surface area contributed by atoms with E-state index < -0.39 is 12.0 Å². The molecule has 1 N–H and O–H groups in total. The van der Waals surface area contributed by atoms with Crippen LogP contribution in [0.2, 0.25) is 0 Å². The number of amides is 1. The lowest BCUT2D eigenvalue weighted by Gasteiger charge is -2.36. The number of carboxylic acids is 1. The van der Waals surface area contributed by atoms with Gasteiger partial charge in [0.15, 0.2) is 17.3 Å². The van der Waals surface area contributed by atoms with Gasteiger partial charge in [0.05, 0.1) is 32.9 Å². The average molecular weight is 345 g/mol. The predicted molar refractivity (Wildman–Crippen MR) is 88.0 cm³/mol. The molecule has 2 heterocycles. The van der Waals surface area contributed by atoms with Crippen molar-refractivity contribution in [3.05, 3.63) is 47.4 Å². The molecule has 25 heavy (non-hydrogen) atoms. The van der Waals surface area contributed by atoms with Crippen molar-refractivity contribution in [1.82, 2.24) is 4.90 Å². The van der Waals surface area contributed by atoms with Crippen molar-refractivity contribution < 1.29 is 28.6 Å². The van der Waals surface area contributed by atoms with Crippen molar-refractivity contribution in [2.75, 3.05) is 20.8 Å². The van der Waals surface area contributed by atoms with Gasteiger partial charge >= 0.3 is 5.97 Å². The summed E-state index contributed by atoms with van der Waals surface area (Å²) in [5, 5.41) is 9.33. The van der Waals surface area contributed by atoms with E-state index in [1.807, 2.05) is 6.07 Å². The first kappa shape index (κ1) is 16.9. The lowest BCUT2D eigenvalue weighted by Crippen LogP contribution is -2.41. The zero-order valence-corrected chi connectivity index (χ0v) is 14.0. The van der Waals surface area contributed by atoms with Gasteiger partial charge in [-0.1, -0.05) is 0 Å². The van der Waals surface area contributed by atoms with Crippen LogP contribution in [0, 0.1) is 0 Å². The van der Waals surface area contributed by atoms with E-state index in [4.69, 9.17) is 13.9 Å². The maximum absolute atomic E-state index is 12.7. The van der Waals surface area contributed by atoms with Gasteiger partial charge < -0.3 is 23.9 Å². The minimum Gasteiger partial charge on any atom is -0.493 e. The molecule has 2 aromatic rings. The van der Waals surface area contributed by atoms with Gasteiger partial charge in [0.2, 0.25) is 0 Å². The number of carboxylic acid groups (broad SMARTS) is 1. The fourth-order valence-electron chi connectivity index (χ4n) is 3.20. The highest BCUT2D eigenvalue weighted by Gasteiger charge is 2.34. The Kier molecular flexibility index (Phi) is 4.65. The summed E-state index contributed by atoms with van der Waals surface area (Å²) in [6, 6.07) is 6.20. The molecule has 0 fully saturated rings. The smallest absolute Gasteiger partial charge is 0.305 e. The number of benzene rings is 1. The second kappa shape index (κ2) is 6.88. The first-order valence-corrected chi connectivity index (χ1v) is 7.86. The number of carbonyl (C=O) groups is 2. The van der Waals surface area contributed by atoms with Crippen LogP contribution in [0.1, 0.15) is 34.1 Å². The largest absolute Gasteiger partial charge is 0.493 e. The third kappa shape index (κ3) is 3.17. The van der Waals surface area contributed by atoms with E-state index in [1.54, 1.807) is 30.2 Å². The molecule has 7 heteroatoms. The zero-order valence-electron chi connectivity index (χ0n) is 14.0. The number of ether oxygens (including phenoxy) is 2. The van der Waals surface area contributed by atoms with Crippen LogP contribution in [-0.4, -0.2) is 42.6 Å². The molecule has 0 saturated carbocycles. The van der Waals surface area contributed by atoms with Crippen molar-refractivity contribution in [3.63, 3.8) is 0 Å². The maximum Gasteiger partial charge on any atom is 0.305 e. The molecule has 0 aliphatic carbocycles. The molecular formula is C18H19NO6. The molecule has 7 nitrogen and oxygen atoms in total. The van der Waals surface area contributed by atoms with E-state index in [-0.39, 0.29) is 18.1 Å². The number of aliphatic carboxylic acids is 1. The molecule has 3 rings (SSSR count). The molecule has 0 unspecified atom stereocenters. The normalized spacial score (nSPS) is 16.2. The van der Waals surface area contributed by atoms with Crippen LogP contribution in [0.25, 0.3) is 0 Å². The second-order valence-corrected chi connectivity index (χ2v) is 5.75. The molecule has 0 bridgehead atoms. The third-order valence-corrected chi connectivity index (χ3v) is 4.36. The number of fused-ring (bicyclic) bond motifs is 1. The molecular weight excluding hydrogens is 326 g/mol. The van der Waals surface area contributed by atoms with Gasteiger partial charge in [0, 0.05) is 6.54 Å². The van der Waals surface area contributed by atoms with Crippen LogP contribution in [0.5, 0.6) is 11.5 Å². The number of rotatable bonds is 5. The summed E-state index contributed by atoms with van der Waals surface area (Å²) in [7, 11) is 3.07. The van der Waals surface area contributed by atoms with Gasteiger partial charge in [0.1, 0.15) is 0 Å².